The fourth-order valence-electron chi connectivity index (χ4n) is 4.01. The molecular formula is C20H25F2N5O2. The number of pyridine rings is 1. The zero-order valence-corrected chi connectivity index (χ0v) is 16.3. The van der Waals surface area contributed by atoms with Crippen LogP contribution in [0.25, 0.3) is 0 Å². The van der Waals surface area contributed by atoms with Crippen LogP contribution in [0.4, 0.5) is 25.1 Å². The van der Waals surface area contributed by atoms with E-state index in [1.807, 2.05) is 6.07 Å². The Kier molecular flexibility index (Phi) is 5.38. The second-order valence-corrected chi connectivity index (χ2v) is 7.94. The third-order valence-electron chi connectivity index (χ3n) is 5.59. The number of hydrogen-bond donors (Lipinski definition) is 3. The van der Waals surface area contributed by atoms with Gasteiger partial charge in [-0.05, 0) is 51.2 Å². The van der Waals surface area contributed by atoms with Gasteiger partial charge in [-0.15, -0.1) is 0 Å². The quantitative estimate of drug-likeness (QED) is 0.597. The van der Waals surface area contributed by atoms with Crippen LogP contribution in [0.1, 0.15) is 62.8 Å². The van der Waals surface area contributed by atoms with Gasteiger partial charge in [0.25, 0.3) is 5.92 Å². The average molecular weight is 405 g/mol. The van der Waals surface area contributed by atoms with Gasteiger partial charge < -0.3 is 15.4 Å². The molecule has 1 aliphatic heterocycles. The zero-order valence-electron chi connectivity index (χ0n) is 16.3. The predicted molar refractivity (Wildman–Crippen MR) is 103 cm³/mol. The van der Waals surface area contributed by atoms with Crippen molar-refractivity contribution in [2.75, 3.05) is 5.32 Å². The van der Waals surface area contributed by atoms with Crippen molar-refractivity contribution in [2.45, 2.75) is 69.4 Å². The summed E-state index contributed by atoms with van der Waals surface area (Å²) in [4.78, 5) is 16.0. The van der Waals surface area contributed by atoms with Crippen molar-refractivity contribution in [2.24, 2.45) is 0 Å². The van der Waals surface area contributed by atoms with Gasteiger partial charge in [0.05, 0.1) is 0 Å². The molecular weight excluding hydrogens is 380 g/mol. The number of ether oxygens (including phenoxy) is 1. The Labute approximate surface area is 167 Å². The van der Waals surface area contributed by atoms with Crippen LogP contribution < -0.4 is 10.6 Å². The lowest BCUT2D eigenvalue weighted by molar-refractivity contribution is -0.0204. The molecule has 2 aromatic rings. The van der Waals surface area contributed by atoms with Crippen molar-refractivity contribution in [1.82, 2.24) is 20.5 Å². The number of carbonyl (C=O) groups excluding carboxylic acids is 1. The van der Waals surface area contributed by atoms with Crippen LogP contribution in [0.5, 0.6) is 0 Å². The number of halogens is 2. The molecule has 1 aliphatic carbocycles. The number of amides is 1. The van der Waals surface area contributed by atoms with Crippen molar-refractivity contribution >= 4 is 17.6 Å². The second-order valence-electron chi connectivity index (χ2n) is 7.94. The Hall–Kier alpha value is -2.71. The summed E-state index contributed by atoms with van der Waals surface area (Å²) in [6, 6.07) is 4.63. The van der Waals surface area contributed by atoms with E-state index in [4.69, 9.17) is 4.74 Å². The number of anilines is 2. The van der Waals surface area contributed by atoms with Gasteiger partial charge in [0, 0.05) is 42.0 Å². The standard InChI is InChI=1S/C20H25F2N5O2/c1-12-3-2-7-20(21,22)17-10-14(6-8-23-17)25-18-11-16(26-27-18)13-4-5-15(9-13)29-19(28)24-12/h6,8,10-13,15H,2-5,7,9H2,1H3,(H,24,28)(H2,25,26,27)/t12-,13-,15+/m0/s1. The van der Waals surface area contributed by atoms with E-state index < -0.39 is 12.0 Å². The second kappa shape index (κ2) is 7.96. The van der Waals surface area contributed by atoms with Gasteiger partial charge in [-0.25, -0.2) is 4.79 Å². The van der Waals surface area contributed by atoms with Crippen molar-refractivity contribution in [3.63, 3.8) is 0 Å². The number of H-pyrrole nitrogens is 1. The molecule has 1 saturated carbocycles. The van der Waals surface area contributed by atoms with Crippen molar-refractivity contribution in [1.29, 1.82) is 0 Å². The maximum atomic E-state index is 14.6. The molecule has 0 spiro atoms. The Bertz CT molecular complexity index is 872. The number of alkyl carbamates (subject to hydrolysis) is 1. The van der Waals surface area contributed by atoms with Crippen LogP contribution in [0.15, 0.2) is 24.4 Å². The number of aromatic nitrogens is 3. The number of fused-ring (bicyclic) bond motifs is 7. The summed E-state index contributed by atoms with van der Waals surface area (Å²) in [7, 11) is 0. The SMILES string of the molecule is C[C@H]1CCCC(F)(F)c2cc(ccn2)Nc2cc([nH]n2)[C@H]2CC[C@H](C2)OC(=O)N1. The minimum absolute atomic E-state index is 0.155. The predicted octanol–water partition coefficient (Wildman–Crippen LogP) is 4.57. The van der Waals surface area contributed by atoms with Gasteiger partial charge in [0.2, 0.25) is 0 Å². The number of nitrogens with zero attached hydrogens (tertiary/aromatic N) is 2. The molecule has 7 nitrogen and oxygen atoms in total. The fourth-order valence-corrected chi connectivity index (χ4v) is 4.01. The normalized spacial score (nSPS) is 27.1. The molecule has 6 bridgehead atoms. The molecule has 9 heteroatoms. The molecule has 0 unspecified atom stereocenters. The molecule has 2 aliphatic rings. The van der Waals surface area contributed by atoms with Crippen LogP contribution in [-0.2, 0) is 10.7 Å². The summed E-state index contributed by atoms with van der Waals surface area (Å²) in [5, 5.41) is 13.1. The molecule has 0 aromatic carbocycles. The van der Waals surface area contributed by atoms with Crippen LogP contribution in [0.3, 0.4) is 0 Å². The highest BCUT2D eigenvalue weighted by Gasteiger charge is 2.34. The van der Waals surface area contributed by atoms with Gasteiger partial charge in [0.1, 0.15) is 11.8 Å². The molecule has 156 valence electrons. The first-order valence-electron chi connectivity index (χ1n) is 10.0. The summed E-state index contributed by atoms with van der Waals surface area (Å²) < 4.78 is 34.7. The Morgan fingerprint density at radius 2 is 2.10 bits per heavy atom. The maximum absolute atomic E-state index is 14.6. The van der Waals surface area contributed by atoms with E-state index in [0.717, 1.165) is 25.0 Å². The minimum atomic E-state index is -3.06. The van der Waals surface area contributed by atoms with Crippen molar-refractivity contribution in [3.8, 4) is 0 Å². The van der Waals surface area contributed by atoms with E-state index in [1.54, 1.807) is 13.0 Å². The average Bonchev–Trinajstić information content (AvgIpc) is 3.30. The molecule has 0 radical (unpaired) electrons. The fraction of sp³-hybridized carbons (Fsp3) is 0.550. The van der Waals surface area contributed by atoms with Crippen LogP contribution in [0, 0.1) is 0 Å². The molecule has 3 N–H and O–H groups in total. The number of rotatable bonds is 0. The highest BCUT2D eigenvalue weighted by molar-refractivity contribution is 5.67. The molecule has 29 heavy (non-hydrogen) atoms. The van der Waals surface area contributed by atoms with E-state index in [9.17, 15) is 13.6 Å². The van der Waals surface area contributed by atoms with E-state index in [2.05, 4.69) is 25.8 Å². The summed E-state index contributed by atoms with van der Waals surface area (Å²) >= 11 is 0. The summed E-state index contributed by atoms with van der Waals surface area (Å²) in [5.74, 6) is -2.29. The van der Waals surface area contributed by atoms with Crippen LogP contribution >= 0.6 is 0 Å². The van der Waals surface area contributed by atoms with E-state index in [1.165, 1.54) is 12.3 Å². The summed E-state index contributed by atoms with van der Waals surface area (Å²) in [6.45, 7) is 1.80. The molecule has 0 saturated heterocycles. The number of aromatic amines is 1. The summed E-state index contributed by atoms with van der Waals surface area (Å²) in [5.41, 5.74) is 1.17. The topological polar surface area (TPSA) is 91.9 Å². The first kappa shape index (κ1) is 19.6. The lowest BCUT2D eigenvalue weighted by Crippen LogP contribution is -2.35. The lowest BCUT2D eigenvalue weighted by Gasteiger charge is -2.19. The highest BCUT2D eigenvalue weighted by atomic mass is 19.3. The van der Waals surface area contributed by atoms with Crippen molar-refractivity contribution < 1.29 is 18.3 Å². The third-order valence-corrected chi connectivity index (χ3v) is 5.59. The highest BCUT2D eigenvalue weighted by Crippen LogP contribution is 2.37. The van der Waals surface area contributed by atoms with Gasteiger partial charge in [0.15, 0.2) is 5.82 Å². The van der Waals surface area contributed by atoms with E-state index in [-0.39, 0.29) is 36.6 Å². The van der Waals surface area contributed by atoms with Gasteiger partial charge >= 0.3 is 6.09 Å². The largest absolute Gasteiger partial charge is 0.446 e. The molecule has 1 fully saturated rings. The van der Waals surface area contributed by atoms with Crippen LogP contribution in [0.2, 0.25) is 0 Å². The smallest absolute Gasteiger partial charge is 0.407 e. The third kappa shape index (κ3) is 4.65. The van der Waals surface area contributed by atoms with Gasteiger partial charge in [-0.3, -0.25) is 10.1 Å². The maximum Gasteiger partial charge on any atom is 0.407 e. The Morgan fingerprint density at radius 1 is 1.24 bits per heavy atom. The van der Waals surface area contributed by atoms with Crippen molar-refractivity contribution in [3.05, 3.63) is 35.8 Å². The number of carbonyl (C=O) groups is 1. The Balaban J connectivity index is 1.58. The first-order valence-corrected chi connectivity index (χ1v) is 10.0. The summed E-state index contributed by atoms with van der Waals surface area (Å²) in [6.07, 6.45) is 3.48. The minimum Gasteiger partial charge on any atom is -0.446 e. The van der Waals surface area contributed by atoms with E-state index >= 15 is 0 Å². The molecule has 1 amide bonds. The van der Waals surface area contributed by atoms with Gasteiger partial charge in [-0.1, -0.05) is 0 Å². The zero-order chi connectivity index (χ0) is 20.4. The number of hydrogen-bond acceptors (Lipinski definition) is 5. The lowest BCUT2D eigenvalue weighted by atomic mass is 10.0. The molecule has 2 aromatic heterocycles. The molecule has 3 heterocycles. The monoisotopic (exact) mass is 405 g/mol. The number of alkyl halides is 2. The number of nitrogens with one attached hydrogen (secondary N) is 3. The molecule has 3 atom stereocenters. The van der Waals surface area contributed by atoms with Crippen LogP contribution in [-0.4, -0.2) is 33.4 Å². The van der Waals surface area contributed by atoms with Gasteiger partial charge in [-0.2, -0.15) is 13.9 Å². The Morgan fingerprint density at radius 3 is 2.97 bits per heavy atom. The first-order chi connectivity index (χ1) is 13.9. The van der Waals surface area contributed by atoms with E-state index in [0.29, 0.717) is 17.9 Å². The molecule has 4 rings (SSSR count).